The van der Waals surface area contributed by atoms with Crippen molar-refractivity contribution >= 4 is 27.5 Å². The molecule has 1 N–H and O–H groups in total. The van der Waals surface area contributed by atoms with Crippen molar-refractivity contribution in [3.63, 3.8) is 0 Å². The van der Waals surface area contributed by atoms with E-state index in [1.807, 2.05) is 12.1 Å². The molecule has 0 spiro atoms. The van der Waals surface area contributed by atoms with Gasteiger partial charge in [-0.25, -0.2) is 8.42 Å². The van der Waals surface area contributed by atoms with Gasteiger partial charge in [0.25, 0.3) is 0 Å². The Morgan fingerprint density at radius 2 is 1.79 bits per heavy atom. The quantitative estimate of drug-likeness (QED) is 0.672. The van der Waals surface area contributed by atoms with Gasteiger partial charge in [-0.1, -0.05) is 6.07 Å². The summed E-state index contributed by atoms with van der Waals surface area (Å²) in [4.78, 5) is 27.5. The second kappa shape index (κ2) is 8.28. The van der Waals surface area contributed by atoms with E-state index in [9.17, 15) is 18.0 Å². The zero-order valence-electron chi connectivity index (χ0n) is 19.2. The van der Waals surface area contributed by atoms with Crippen molar-refractivity contribution in [1.82, 2.24) is 9.62 Å². The fraction of sp³-hybridized carbons (Fsp3) is 0.417. The summed E-state index contributed by atoms with van der Waals surface area (Å²) in [6.45, 7) is 4.84. The number of amides is 2. The number of anilines is 1. The molecule has 3 aliphatic rings. The van der Waals surface area contributed by atoms with Crippen LogP contribution in [0.25, 0.3) is 0 Å². The van der Waals surface area contributed by atoms with Crippen LogP contribution in [0, 0.1) is 0 Å². The van der Waals surface area contributed by atoms with E-state index in [1.165, 1.54) is 15.3 Å². The third-order valence-electron chi connectivity index (χ3n) is 6.64. The Morgan fingerprint density at radius 1 is 1.06 bits per heavy atom. The molecular weight excluding hydrogens is 458 g/mol. The van der Waals surface area contributed by atoms with Gasteiger partial charge in [-0.05, 0) is 68.1 Å². The molecule has 0 aliphatic carbocycles. The van der Waals surface area contributed by atoms with E-state index in [4.69, 9.17) is 9.47 Å². The lowest BCUT2D eigenvalue weighted by Gasteiger charge is -2.20. The molecule has 34 heavy (non-hydrogen) atoms. The smallest absolute Gasteiger partial charge is 0.243 e. The van der Waals surface area contributed by atoms with E-state index in [2.05, 4.69) is 5.32 Å². The Bertz CT molecular complexity index is 1270. The van der Waals surface area contributed by atoms with Crippen molar-refractivity contribution in [1.29, 1.82) is 0 Å². The van der Waals surface area contributed by atoms with Gasteiger partial charge in [0.2, 0.25) is 28.6 Å². The zero-order chi connectivity index (χ0) is 24.1. The second-order valence-corrected chi connectivity index (χ2v) is 11.2. The molecule has 2 aromatic rings. The molecule has 180 valence electrons. The Balaban J connectivity index is 1.32. The molecule has 2 aromatic carbocycles. The van der Waals surface area contributed by atoms with Crippen molar-refractivity contribution in [2.75, 3.05) is 31.3 Å². The van der Waals surface area contributed by atoms with Crippen molar-refractivity contribution in [3.8, 4) is 11.5 Å². The van der Waals surface area contributed by atoms with Crippen LogP contribution in [-0.4, -0.2) is 51.0 Å². The van der Waals surface area contributed by atoms with Crippen molar-refractivity contribution in [2.24, 2.45) is 0 Å². The van der Waals surface area contributed by atoms with Gasteiger partial charge in [-0.15, -0.1) is 0 Å². The zero-order valence-corrected chi connectivity index (χ0v) is 20.0. The summed E-state index contributed by atoms with van der Waals surface area (Å²) in [5, 5.41) is 2.84. The van der Waals surface area contributed by atoms with E-state index in [-0.39, 0.29) is 36.6 Å². The molecule has 5 rings (SSSR count). The highest BCUT2D eigenvalue weighted by atomic mass is 32.2. The van der Waals surface area contributed by atoms with E-state index < -0.39 is 15.4 Å². The fourth-order valence-corrected chi connectivity index (χ4v) is 6.20. The van der Waals surface area contributed by atoms with Crippen LogP contribution in [0.15, 0.2) is 41.3 Å². The standard InChI is InChI=1S/C24H27N3O6S/c1-24(2)18-12-17(34(30,31)26-9-3-4-10-26)6-7-19(18)27(23(24)29)14-22(28)25-13-16-5-8-20-21(11-16)33-15-32-20/h5-8,11-12H,3-4,9-10,13-15H2,1-2H3,(H,25,28). The first-order chi connectivity index (χ1) is 16.2. The maximum Gasteiger partial charge on any atom is 0.243 e. The molecule has 9 nitrogen and oxygen atoms in total. The first-order valence-corrected chi connectivity index (χ1v) is 12.7. The molecule has 0 saturated carbocycles. The number of hydrogen-bond acceptors (Lipinski definition) is 6. The van der Waals surface area contributed by atoms with Gasteiger partial charge < -0.3 is 19.7 Å². The molecule has 0 atom stereocenters. The van der Waals surface area contributed by atoms with Gasteiger partial charge >= 0.3 is 0 Å². The van der Waals surface area contributed by atoms with Gasteiger partial charge in [0.1, 0.15) is 6.54 Å². The minimum Gasteiger partial charge on any atom is -0.454 e. The third kappa shape index (κ3) is 3.80. The van der Waals surface area contributed by atoms with Crippen LogP contribution in [0.2, 0.25) is 0 Å². The monoisotopic (exact) mass is 485 g/mol. The number of sulfonamides is 1. The molecule has 0 aromatic heterocycles. The number of rotatable bonds is 6. The van der Waals surface area contributed by atoms with Gasteiger partial charge in [-0.2, -0.15) is 4.31 Å². The summed E-state index contributed by atoms with van der Waals surface area (Å²) in [5.74, 6) is 0.749. The van der Waals surface area contributed by atoms with Crippen LogP contribution in [0.5, 0.6) is 11.5 Å². The second-order valence-electron chi connectivity index (χ2n) is 9.27. The lowest BCUT2D eigenvalue weighted by atomic mass is 9.86. The van der Waals surface area contributed by atoms with E-state index in [0.717, 1.165) is 18.4 Å². The van der Waals surface area contributed by atoms with E-state index >= 15 is 0 Å². The van der Waals surface area contributed by atoms with Crippen molar-refractivity contribution in [2.45, 2.75) is 43.5 Å². The molecule has 1 saturated heterocycles. The number of carbonyl (C=O) groups is 2. The summed E-state index contributed by atoms with van der Waals surface area (Å²) < 4.78 is 38.2. The van der Waals surface area contributed by atoms with Crippen LogP contribution in [0.1, 0.15) is 37.8 Å². The minimum atomic E-state index is -3.61. The van der Waals surface area contributed by atoms with E-state index in [0.29, 0.717) is 35.8 Å². The molecule has 0 bridgehead atoms. The highest BCUT2D eigenvalue weighted by Crippen LogP contribution is 2.43. The summed E-state index contributed by atoms with van der Waals surface area (Å²) in [6, 6.07) is 10.2. The normalized spacial score (nSPS) is 18.9. The molecule has 0 radical (unpaired) electrons. The third-order valence-corrected chi connectivity index (χ3v) is 8.54. The number of nitrogens with one attached hydrogen (secondary N) is 1. The first-order valence-electron chi connectivity index (χ1n) is 11.3. The van der Waals surface area contributed by atoms with E-state index in [1.54, 1.807) is 32.0 Å². The largest absolute Gasteiger partial charge is 0.454 e. The summed E-state index contributed by atoms with van der Waals surface area (Å²) in [7, 11) is -3.61. The Morgan fingerprint density at radius 3 is 2.56 bits per heavy atom. The molecule has 3 aliphatic heterocycles. The van der Waals surface area contributed by atoms with Crippen LogP contribution < -0.4 is 19.7 Å². The lowest BCUT2D eigenvalue weighted by molar-refractivity contribution is -0.125. The van der Waals surface area contributed by atoms with Crippen LogP contribution in [-0.2, 0) is 31.6 Å². The van der Waals surface area contributed by atoms with Gasteiger partial charge in [-0.3, -0.25) is 9.59 Å². The number of carbonyl (C=O) groups excluding carboxylic acids is 2. The highest BCUT2D eigenvalue weighted by Gasteiger charge is 2.45. The molecular formula is C24H27N3O6S. The Hall–Kier alpha value is -3.11. The van der Waals surface area contributed by atoms with Gasteiger partial charge in [0.05, 0.1) is 10.3 Å². The van der Waals surface area contributed by atoms with Crippen LogP contribution >= 0.6 is 0 Å². The van der Waals surface area contributed by atoms with Gasteiger partial charge in [0, 0.05) is 25.3 Å². The van der Waals surface area contributed by atoms with Crippen LogP contribution in [0.4, 0.5) is 5.69 Å². The number of fused-ring (bicyclic) bond motifs is 2. The summed E-state index contributed by atoms with van der Waals surface area (Å²) >= 11 is 0. The SMILES string of the molecule is CC1(C)C(=O)N(CC(=O)NCc2ccc3c(c2)OCO3)c2ccc(S(=O)(=O)N3CCCC3)cc21. The number of benzene rings is 2. The average molecular weight is 486 g/mol. The predicted octanol–water partition coefficient (Wildman–Crippen LogP) is 2.14. The number of ether oxygens (including phenoxy) is 2. The predicted molar refractivity (Wildman–Crippen MR) is 124 cm³/mol. The highest BCUT2D eigenvalue weighted by molar-refractivity contribution is 7.89. The van der Waals surface area contributed by atoms with Gasteiger partial charge in [0.15, 0.2) is 11.5 Å². The number of nitrogens with zero attached hydrogens (tertiary/aromatic N) is 2. The summed E-state index contributed by atoms with van der Waals surface area (Å²) in [5.41, 5.74) is 1.08. The molecule has 10 heteroatoms. The summed E-state index contributed by atoms with van der Waals surface area (Å²) in [6.07, 6.45) is 1.70. The molecule has 0 unspecified atom stereocenters. The van der Waals surface area contributed by atoms with Crippen molar-refractivity contribution < 1.29 is 27.5 Å². The van der Waals surface area contributed by atoms with Crippen molar-refractivity contribution in [3.05, 3.63) is 47.5 Å². The Labute approximate surface area is 198 Å². The first kappa shape index (κ1) is 22.7. The fourth-order valence-electron chi connectivity index (χ4n) is 4.66. The molecule has 1 fully saturated rings. The lowest BCUT2D eigenvalue weighted by Crippen LogP contribution is -2.42. The molecule has 3 heterocycles. The van der Waals surface area contributed by atoms with Crippen LogP contribution in [0.3, 0.4) is 0 Å². The Kier molecular flexibility index (Phi) is 5.52. The average Bonchev–Trinajstić information content (AvgIpc) is 3.55. The minimum absolute atomic E-state index is 0.155. The topological polar surface area (TPSA) is 105 Å². The molecule has 2 amide bonds. The maximum atomic E-state index is 13.2. The maximum absolute atomic E-state index is 13.2. The number of hydrogen-bond donors (Lipinski definition) is 1.